The monoisotopic (exact) mass is 453 g/mol. The minimum atomic E-state index is -0.356. The van der Waals surface area contributed by atoms with Gasteiger partial charge in [0.05, 0.1) is 17.9 Å². The third-order valence-corrected chi connectivity index (χ3v) is 6.29. The summed E-state index contributed by atoms with van der Waals surface area (Å²) in [5.41, 5.74) is 3.20. The average molecular weight is 454 g/mol. The molecule has 2 N–H and O–H groups in total. The van der Waals surface area contributed by atoms with E-state index in [1.54, 1.807) is 18.2 Å². The second kappa shape index (κ2) is 9.52. The van der Waals surface area contributed by atoms with Crippen molar-refractivity contribution in [2.24, 2.45) is 0 Å². The number of nitrogens with zero attached hydrogens (tertiary/aromatic N) is 3. The number of amides is 2. The van der Waals surface area contributed by atoms with Crippen LogP contribution in [0.4, 0.5) is 10.1 Å². The first-order chi connectivity index (χ1) is 15.4. The van der Waals surface area contributed by atoms with Crippen molar-refractivity contribution in [2.45, 2.75) is 37.9 Å². The molecule has 3 aromatic rings. The zero-order chi connectivity index (χ0) is 22.7. The Morgan fingerprint density at radius 1 is 1.09 bits per heavy atom. The van der Waals surface area contributed by atoms with E-state index in [-0.39, 0.29) is 36.0 Å². The number of hydrogen-bond acceptors (Lipinski definition) is 5. The van der Waals surface area contributed by atoms with Gasteiger partial charge in [-0.1, -0.05) is 36.0 Å². The van der Waals surface area contributed by atoms with Crippen molar-refractivity contribution < 1.29 is 14.0 Å². The standard InChI is InChI=1S/C23H24FN5O2S/c1-14-6-5-9-19(15(14)2)26-20(30)12-25-21(31)13-32-23-28-27-22(29(23)16-10-11-16)17-7-3-4-8-18(17)24/h3-9,16H,10-13H2,1-2H3,(H,25,31)(H,26,30). The summed E-state index contributed by atoms with van der Waals surface area (Å²) in [6.45, 7) is 3.79. The van der Waals surface area contributed by atoms with E-state index in [1.165, 1.54) is 17.8 Å². The predicted octanol–water partition coefficient (Wildman–Crippen LogP) is 3.88. The van der Waals surface area contributed by atoms with E-state index in [0.717, 1.165) is 29.7 Å². The molecule has 0 radical (unpaired) electrons. The van der Waals surface area contributed by atoms with Gasteiger partial charge in [-0.15, -0.1) is 10.2 Å². The number of benzene rings is 2. The lowest BCUT2D eigenvalue weighted by Gasteiger charge is -2.11. The highest BCUT2D eigenvalue weighted by Crippen LogP contribution is 2.41. The molecular formula is C23H24FN5O2S. The largest absolute Gasteiger partial charge is 0.346 e. The summed E-state index contributed by atoms with van der Waals surface area (Å²) in [5, 5.41) is 14.4. The lowest BCUT2D eigenvalue weighted by atomic mass is 10.1. The molecule has 0 unspecified atom stereocenters. The fourth-order valence-corrected chi connectivity index (χ4v) is 4.14. The smallest absolute Gasteiger partial charge is 0.243 e. The van der Waals surface area contributed by atoms with Gasteiger partial charge in [0, 0.05) is 11.7 Å². The van der Waals surface area contributed by atoms with Crippen molar-refractivity contribution in [3.05, 3.63) is 59.4 Å². The molecule has 1 aliphatic rings. The Morgan fingerprint density at radius 3 is 2.62 bits per heavy atom. The maximum absolute atomic E-state index is 14.3. The summed E-state index contributed by atoms with van der Waals surface area (Å²) in [4.78, 5) is 24.5. The molecule has 0 spiro atoms. The van der Waals surface area contributed by atoms with Gasteiger partial charge in [-0.05, 0) is 56.0 Å². The molecule has 0 bridgehead atoms. The molecule has 0 atom stereocenters. The van der Waals surface area contributed by atoms with Crippen LogP contribution in [0.15, 0.2) is 47.6 Å². The number of rotatable bonds is 8. The Bertz CT molecular complexity index is 1160. The number of thioether (sulfide) groups is 1. The molecule has 2 aromatic carbocycles. The third-order valence-electron chi connectivity index (χ3n) is 5.35. The molecule has 1 fully saturated rings. The van der Waals surface area contributed by atoms with Gasteiger partial charge in [0.15, 0.2) is 11.0 Å². The molecule has 0 saturated heterocycles. The topological polar surface area (TPSA) is 88.9 Å². The number of anilines is 1. The number of hydrogen-bond donors (Lipinski definition) is 2. The van der Waals surface area contributed by atoms with Crippen LogP contribution in [0.2, 0.25) is 0 Å². The number of carbonyl (C=O) groups is 2. The molecule has 32 heavy (non-hydrogen) atoms. The van der Waals surface area contributed by atoms with Crippen LogP contribution in [0.3, 0.4) is 0 Å². The van der Waals surface area contributed by atoms with Crippen LogP contribution in [0.25, 0.3) is 11.4 Å². The van der Waals surface area contributed by atoms with E-state index in [2.05, 4.69) is 20.8 Å². The summed E-state index contributed by atoms with van der Waals surface area (Å²) >= 11 is 1.23. The summed E-state index contributed by atoms with van der Waals surface area (Å²) in [5.74, 6) is -0.380. The Hall–Kier alpha value is -3.20. The van der Waals surface area contributed by atoms with E-state index in [9.17, 15) is 14.0 Å². The highest BCUT2D eigenvalue weighted by Gasteiger charge is 2.31. The molecule has 1 heterocycles. The fraction of sp³-hybridized carbons (Fsp3) is 0.304. The zero-order valence-electron chi connectivity index (χ0n) is 17.9. The summed E-state index contributed by atoms with van der Waals surface area (Å²) < 4.78 is 16.2. The normalized spacial score (nSPS) is 13.1. The van der Waals surface area contributed by atoms with Crippen molar-refractivity contribution in [1.82, 2.24) is 20.1 Å². The van der Waals surface area contributed by atoms with Gasteiger partial charge in [0.1, 0.15) is 5.82 Å². The molecule has 1 aromatic heterocycles. The van der Waals surface area contributed by atoms with E-state index < -0.39 is 0 Å². The van der Waals surface area contributed by atoms with Crippen molar-refractivity contribution in [2.75, 3.05) is 17.6 Å². The minimum absolute atomic E-state index is 0.0822. The number of aromatic nitrogens is 3. The van der Waals surface area contributed by atoms with Crippen molar-refractivity contribution in [1.29, 1.82) is 0 Å². The van der Waals surface area contributed by atoms with Gasteiger partial charge >= 0.3 is 0 Å². The molecule has 166 valence electrons. The average Bonchev–Trinajstić information content (AvgIpc) is 3.53. The van der Waals surface area contributed by atoms with Crippen LogP contribution in [0, 0.1) is 19.7 Å². The second-order valence-corrected chi connectivity index (χ2v) is 8.69. The molecule has 1 saturated carbocycles. The van der Waals surface area contributed by atoms with Crippen LogP contribution in [0.1, 0.15) is 30.0 Å². The van der Waals surface area contributed by atoms with Gasteiger partial charge in [-0.2, -0.15) is 0 Å². The van der Waals surface area contributed by atoms with Crippen LogP contribution >= 0.6 is 11.8 Å². The Balaban J connectivity index is 1.34. The van der Waals surface area contributed by atoms with Crippen LogP contribution < -0.4 is 10.6 Å². The molecule has 1 aliphatic carbocycles. The maximum atomic E-state index is 14.3. The van der Waals surface area contributed by atoms with E-state index in [1.807, 2.05) is 36.6 Å². The highest BCUT2D eigenvalue weighted by atomic mass is 32.2. The van der Waals surface area contributed by atoms with Gasteiger partial charge < -0.3 is 10.6 Å². The van der Waals surface area contributed by atoms with E-state index in [0.29, 0.717) is 16.5 Å². The van der Waals surface area contributed by atoms with Gasteiger partial charge in [0.25, 0.3) is 0 Å². The Kier molecular flexibility index (Phi) is 6.55. The van der Waals surface area contributed by atoms with Crippen molar-refractivity contribution >= 4 is 29.3 Å². The Morgan fingerprint density at radius 2 is 1.88 bits per heavy atom. The van der Waals surface area contributed by atoms with Crippen molar-refractivity contribution in [3.8, 4) is 11.4 Å². The fourth-order valence-electron chi connectivity index (χ4n) is 3.30. The lowest BCUT2D eigenvalue weighted by Crippen LogP contribution is -2.34. The van der Waals surface area contributed by atoms with Gasteiger partial charge in [0.2, 0.25) is 11.8 Å². The number of nitrogens with one attached hydrogen (secondary N) is 2. The molecular weight excluding hydrogens is 429 g/mol. The second-order valence-electron chi connectivity index (χ2n) is 7.75. The predicted molar refractivity (Wildman–Crippen MR) is 122 cm³/mol. The molecule has 2 amide bonds. The third kappa shape index (κ3) is 4.99. The molecule has 7 nitrogen and oxygen atoms in total. The molecule has 9 heteroatoms. The minimum Gasteiger partial charge on any atom is -0.346 e. The highest BCUT2D eigenvalue weighted by molar-refractivity contribution is 7.99. The first-order valence-electron chi connectivity index (χ1n) is 10.4. The number of aryl methyl sites for hydroxylation is 1. The summed E-state index contributed by atoms with van der Waals surface area (Å²) in [7, 11) is 0. The Labute approximate surface area is 189 Å². The van der Waals surface area contributed by atoms with Gasteiger partial charge in [-0.25, -0.2) is 4.39 Å². The van der Waals surface area contributed by atoms with Crippen LogP contribution in [-0.4, -0.2) is 38.9 Å². The summed E-state index contributed by atoms with van der Waals surface area (Å²) in [6.07, 6.45) is 1.94. The number of carbonyl (C=O) groups excluding carboxylic acids is 2. The van der Waals surface area contributed by atoms with Crippen LogP contribution in [0.5, 0.6) is 0 Å². The first-order valence-corrected chi connectivity index (χ1v) is 11.4. The first kappa shape index (κ1) is 22.0. The van der Waals surface area contributed by atoms with E-state index >= 15 is 0 Å². The quantitative estimate of drug-likeness (QED) is 0.505. The van der Waals surface area contributed by atoms with Crippen molar-refractivity contribution in [3.63, 3.8) is 0 Å². The molecule has 4 rings (SSSR count). The van der Waals surface area contributed by atoms with E-state index in [4.69, 9.17) is 0 Å². The zero-order valence-corrected chi connectivity index (χ0v) is 18.7. The molecule has 0 aliphatic heterocycles. The van der Waals surface area contributed by atoms with Crippen LogP contribution in [-0.2, 0) is 9.59 Å². The number of halogens is 1. The SMILES string of the molecule is Cc1cccc(NC(=O)CNC(=O)CSc2nnc(-c3ccccc3F)n2C2CC2)c1C. The van der Waals surface area contributed by atoms with Gasteiger partial charge in [-0.3, -0.25) is 14.2 Å². The summed E-state index contributed by atoms with van der Waals surface area (Å²) in [6, 6.07) is 12.4. The lowest BCUT2D eigenvalue weighted by molar-refractivity contribution is -0.122. The maximum Gasteiger partial charge on any atom is 0.243 e.